The lowest BCUT2D eigenvalue weighted by Gasteiger charge is -2.32. The number of hydrogen-bond acceptors (Lipinski definition) is 4. The van der Waals surface area contributed by atoms with E-state index in [0.717, 1.165) is 25.7 Å². The molecule has 1 fully saturated rings. The van der Waals surface area contributed by atoms with E-state index in [1.54, 1.807) is 0 Å². The summed E-state index contributed by atoms with van der Waals surface area (Å²) in [6.07, 6.45) is 3.60. The average Bonchev–Trinajstić information content (AvgIpc) is 2.78. The maximum atomic E-state index is 11.7. The van der Waals surface area contributed by atoms with E-state index in [0.29, 0.717) is 0 Å². The van der Waals surface area contributed by atoms with Crippen molar-refractivity contribution in [2.24, 2.45) is 11.3 Å². The molecule has 1 aliphatic rings. The predicted octanol–water partition coefficient (Wildman–Crippen LogP) is 2.58. The lowest BCUT2D eigenvalue weighted by Crippen LogP contribution is -2.39. The van der Waals surface area contributed by atoms with Gasteiger partial charge in [-0.15, -0.1) is 0 Å². The highest BCUT2D eigenvalue weighted by molar-refractivity contribution is 5.93. The predicted molar refractivity (Wildman–Crippen MR) is 69.5 cm³/mol. The maximum absolute atomic E-state index is 11.7. The van der Waals surface area contributed by atoms with E-state index in [1.165, 1.54) is 6.92 Å². The number of aliphatic carboxylic acids is 1. The molecule has 2 atom stereocenters. The van der Waals surface area contributed by atoms with Crippen molar-refractivity contribution in [3.63, 3.8) is 0 Å². The molecule has 0 aromatic carbocycles. The van der Waals surface area contributed by atoms with Crippen LogP contribution in [0.1, 0.15) is 53.4 Å². The highest BCUT2D eigenvalue weighted by Gasteiger charge is 2.35. The van der Waals surface area contributed by atoms with E-state index in [9.17, 15) is 9.59 Å². The van der Waals surface area contributed by atoms with Crippen molar-refractivity contribution in [2.75, 3.05) is 0 Å². The van der Waals surface area contributed by atoms with Gasteiger partial charge < -0.3 is 14.6 Å². The zero-order valence-electron chi connectivity index (χ0n) is 12.1. The van der Waals surface area contributed by atoms with Gasteiger partial charge >= 0.3 is 11.9 Å². The molecule has 1 N–H and O–H groups in total. The van der Waals surface area contributed by atoms with Gasteiger partial charge in [0.2, 0.25) is 6.29 Å². The lowest BCUT2D eigenvalue weighted by molar-refractivity contribution is -0.221. The van der Waals surface area contributed by atoms with Gasteiger partial charge in [0.05, 0.1) is 6.10 Å². The number of hydrogen-bond donors (Lipinski definition) is 1. The highest BCUT2D eigenvalue weighted by atomic mass is 16.7. The first-order chi connectivity index (χ1) is 8.71. The van der Waals surface area contributed by atoms with E-state index in [2.05, 4.69) is 0 Å². The van der Waals surface area contributed by atoms with Gasteiger partial charge in [0.1, 0.15) is 0 Å². The molecule has 5 heteroatoms. The molecule has 19 heavy (non-hydrogen) atoms. The second-order valence-corrected chi connectivity index (χ2v) is 6.24. The standard InChI is InChI=1S/C14H24O5/c1-9(11(15)16)12(17)19-13(14(2,3)4)18-10-7-5-6-8-10/h9-10,13H,5-8H2,1-4H3,(H,15,16). The van der Waals surface area contributed by atoms with Gasteiger partial charge in [-0.05, 0) is 19.8 Å². The molecule has 0 saturated heterocycles. The maximum Gasteiger partial charge on any atom is 0.322 e. The van der Waals surface area contributed by atoms with Crippen LogP contribution >= 0.6 is 0 Å². The summed E-state index contributed by atoms with van der Waals surface area (Å²) in [5, 5.41) is 8.81. The van der Waals surface area contributed by atoms with Crippen LogP contribution in [0.4, 0.5) is 0 Å². The van der Waals surface area contributed by atoms with Crippen LogP contribution in [0.25, 0.3) is 0 Å². The molecular formula is C14H24O5. The van der Waals surface area contributed by atoms with Crippen LogP contribution in [0.2, 0.25) is 0 Å². The Kier molecular flexibility index (Phi) is 5.35. The van der Waals surface area contributed by atoms with Crippen LogP contribution in [0.3, 0.4) is 0 Å². The topological polar surface area (TPSA) is 72.8 Å². The molecule has 5 nitrogen and oxygen atoms in total. The Morgan fingerprint density at radius 1 is 1.21 bits per heavy atom. The number of carbonyl (C=O) groups excluding carboxylic acids is 1. The van der Waals surface area contributed by atoms with Gasteiger partial charge in [-0.25, -0.2) is 0 Å². The molecule has 1 rings (SSSR count). The number of carboxylic acids is 1. The van der Waals surface area contributed by atoms with Crippen LogP contribution in [0.15, 0.2) is 0 Å². The zero-order valence-corrected chi connectivity index (χ0v) is 12.1. The molecule has 1 saturated carbocycles. The zero-order chi connectivity index (χ0) is 14.6. The van der Waals surface area contributed by atoms with E-state index in [-0.39, 0.29) is 11.5 Å². The Bertz CT molecular complexity index is 325. The minimum absolute atomic E-state index is 0.108. The summed E-state index contributed by atoms with van der Waals surface area (Å²) < 4.78 is 11.1. The van der Waals surface area contributed by atoms with Gasteiger partial charge in [-0.3, -0.25) is 9.59 Å². The molecule has 0 radical (unpaired) electrons. The summed E-state index contributed by atoms with van der Waals surface area (Å²) in [5.74, 6) is -3.10. The normalized spacial score (nSPS) is 20.0. The van der Waals surface area contributed by atoms with E-state index >= 15 is 0 Å². The number of esters is 1. The van der Waals surface area contributed by atoms with E-state index < -0.39 is 24.1 Å². The highest BCUT2D eigenvalue weighted by Crippen LogP contribution is 2.30. The third kappa shape index (κ3) is 4.82. The number of carboxylic acid groups (broad SMARTS) is 1. The quantitative estimate of drug-likeness (QED) is 0.473. The van der Waals surface area contributed by atoms with E-state index in [1.807, 2.05) is 20.8 Å². The Morgan fingerprint density at radius 2 is 1.74 bits per heavy atom. The smallest absolute Gasteiger partial charge is 0.322 e. The van der Waals surface area contributed by atoms with Crippen molar-refractivity contribution in [2.45, 2.75) is 65.8 Å². The van der Waals surface area contributed by atoms with Gasteiger partial charge in [0.15, 0.2) is 5.92 Å². The molecule has 0 heterocycles. The number of rotatable bonds is 5. The third-order valence-corrected chi connectivity index (χ3v) is 3.27. The van der Waals surface area contributed by atoms with Crippen molar-refractivity contribution >= 4 is 11.9 Å². The summed E-state index contributed by atoms with van der Waals surface area (Å²) in [6.45, 7) is 7.04. The second kappa shape index (κ2) is 6.37. The van der Waals surface area contributed by atoms with Crippen LogP contribution in [0, 0.1) is 11.3 Å². The molecule has 0 amide bonds. The van der Waals surface area contributed by atoms with Crippen LogP contribution in [-0.4, -0.2) is 29.4 Å². The molecule has 1 aliphatic carbocycles. The van der Waals surface area contributed by atoms with Crippen molar-refractivity contribution in [3.8, 4) is 0 Å². The third-order valence-electron chi connectivity index (χ3n) is 3.27. The first kappa shape index (κ1) is 16.0. The summed E-state index contributed by atoms with van der Waals surface area (Å²) in [6, 6.07) is 0. The Balaban J connectivity index is 2.64. The first-order valence-corrected chi connectivity index (χ1v) is 6.80. The van der Waals surface area contributed by atoms with Gasteiger partial charge in [0.25, 0.3) is 0 Å². The van der Waals surface area contributed by atoms with Crippen LogP contribution in [0.5, 0.6) is 0 Å². The van der Waals surface area contributed by atoms with Gasteiger partial charge in [-0.2, -0.15) is 0 Å². The van der Waals surface area contributed by atoms with Crippen molar-refractivity contribution < 1.29 is 24.2 Å². The lowest BCUT2D eigenvalue weighted by atomic mass is 9.95. The molecule has 0 bridgehead atoms. The molecule has 0 aliphatic heterocycles. The summed E-state index contributed by atoms with van der Waals surface area (Å²) in [7, 11) is 0. The SMILES string of the molecule is CC(C(=O)O)C(=O)OC(OC1CCCC1)C(C)(C)C. The summed E-state index contributed by atoms with van der Waals surface area (Å²) in [5.41, 5.74) is -0.378. The van der Waals surface area contributed by atoms with Crippen LogP contribution in [-0.2, 0) is 19.1 Å². The van der Waals surface area contributed by atoms with Crippen LogP contribution < -0.4 is 0 Å². The molecule has 110 valence electrons. The summed E-state index contributed by atoms with van der Waals surface area (Å²) >= 11 is 0. The fraction of sp³-hybridized carbons (Fsp3) is 0.857. The molecule has 0 aromatic rings. The number of ether oxygens (including phenoxy) is 2. The van der Waals surface area contributed by atoms with Gasteiger partial charge in [0, 0.05) is 5.41 Å². The fourth-order valence-electron chi connectivity index (χ4n) is 1.92. The fourth-order valence-corrected chi connectivity index (χ4v) is 1.92. The molecular weight excluding hydrogens is 248 g/mol. The van der Waals surface area contributed by atoms with Crippen molar-refractivity contribution in [1.82, 2.24) is 0 Å². The monoisotopic (exact) mass is 272 g/mol. The van der Waals surface area contributed by atoms with E-state index in [4.69, 9.17) is 14.6 Å². The minimum atomic E-state index is -1.18. The minimum Gasteiger partial charge on any atom is -0.481 e. The largest absolute Gasteiger partial charge is 0.481 e. The average molecular weight is 272 g/mol. The summed E-state index contributed by atoms with van der Waals surface area (Å²) in [4.78, 5) is 22.5. The molecule has 0 aromatic heterocycles. The number of carbonyl (C=O) groups is 2. The Hall–Kier alpha value is -1.10. The van der Waals surface area contributed by atoms with Crippen molar-refractivity contribution in [1.29, 1.82) is 0 Å². The Labute approximate surface area is 114 Å². The van der Waals surface area contributed by atoms with Crippen molar-refractivity contribution in [3.05, 3.63) is 0 Å². The Morgan fingerprint density at radius 3 is 2.16 bits per heavy atom. The molecule has 2 unspecified atom stereocenters. The van der Waals surface area contributed by atoms with Gasteiger partial charge in [-0.1, -0.05) is 33.6 Å². The molecule has 0 spiro atoms. The second-order valence-electron chi connectivity index (χ2n) is 6.24. The first-order valence-electron chi connectivity index (χ1n) is 6.80.